The lowest BCUT2D eigenvalue weighted by Gasteiger charge is -2.38. The van der Waals surface area contributed by atoms with E-state index in [0.717, 1.165) is 18.5 Å². The van der Waals surface area contributed by atoms with Crippen LogP contribution in [0.3, 0.4) is 0 Å². The quantitative estimate of drug-likeness (QED) is 0.837. The van der Waals surface area contributed by atoms with Crippen LogP contribution >= 0.6 is 11.6 Å². The van der Waals surface area contributed by atoms with Gasteiger partial charge in [-0.2, -0.15) is 0 Å². The topological polar surface area (TPSA) is 12.0 Å². The Morgan fingerprint density at radius 1 is 1.35 bits per heavy atom. The van der Waals surface area contributed by atoms with Gasteiger partial charge in [0.05, 0.1) is 0 Å². The molecule has 1 aromatic carbocycles. The molecule has 1 aliphatic rings. The third-order valence-electron chi connectivity index (χ3n) is 4.80. The zero-order valence-electron chi connectivity index (χ0n) is 12.6. The smallest absolute Gasteiger partial charge is 0.123 e. The molecule has 112 valence electrons. The van der Waals surface area contributed by atoms with Gasteiger partial charge in [0, 0.05) is 5.02 Å². The minimum absolute atomic E-state index is 0.181. The first-order valence-corrected chi connectivity index (χ1v) is 8.00. The molecule has 1 aliphatic carbocycles. The number of hydrogen-bond acceptors (Lipinski definition) is 1. The van der Waals surface area contributed by atoms with Gasteiger partial charge >= 0.3 is 0 Å². The second-order valence-corrected chi connectivity index (χ2v) is 6.81. The van der Waals surface area contributed by atoms with Gasteiger partial charge in [-0.1, -0.05) is 25.4 Å². The minimum atomic E-state index is -0.181. The molecular formula is C17H25ClFN. The van der Waals surface area contributed by atoms with Crippen molar-refractivity contribution in [3.05, 3.63) is 34.6 Å². The molecule has 1 aromatic rings. The van der Waals surface area contributed by atoms with Gasteiger partial charge in [-0.15, -0.1) is 0 Å². The third kappa shape index (κ3) is 3.53. The molecule has 3 atom stereocenters. The van der Waals surface area contributed by atoms with Crippen molar-refractivity contribution in [1.82, 2.24) is 5.32 Å². The summed E-state index contributed by atoms with van der Waals surface area (Å²) in [6.07, 6.45) is 3.59. The van der Waals surface area contributed by atoms with Gasteiger partial charge in [-0.25, -0.2) is 4.39 Å². The Bertz CT molecular complexity index is 447. The maximum atomic E-state index is 13.6. The zero-order chi connectivity index (χ0) is 14.7. The van der Waals surface area contributed by atoms with Crippen molar-refractivity contribution in [2.45, 2.75) is 39.0 Å². The third-order valence-corrected chi connectivity index (χ3v) is 5.14. The predicted molar refractivity (Wildman–Crippen MR) is 83.7 cm³/mol. The molecule has 1 N–H and O–H groups in total. The second kappa shape index (κ2) is 6.91. The lowest BCUT2D eigenvalue weighted by Crippen LogP contribution is -2.32. The number of hydrogen-bond donors (Lipinski definition) is 1. The Morgan fingerprint density at radius 2 is 2.10 bits per heavy atom. The van der Waals surface area contributed by atoms with Crippen molar-refractivity contribution < 1.29 is 4.39 Å². The SMILES string of the molecule is CNCC1CCC(C(C)C)CC1c1cc(F)ccc1Cl. The van der Waals surface area contributed by atoms with Crippen LogP contribution in [0.5, 0.6) is 0 Å². The summed E-state index contributed by atoms with van der Waals surface area (Å²) in [5.41, 5.74) is 0.997. The van der Waals surface area contributed by atoms with Crippen LogP contribution < -0.4 is 5.32 Å². The van der Waals surface area contributed by atoms with E-state index in [-0.39, 0.29) is 5.82 Å². The fraction of sp³-hybridized carbons (Fsp3) is 0.647. The highest BCUT2D eigenvalue weighted by atomic mass is 35.5. The summed E-state index contributed by atoms with van der Waals surface area (Å²) in [6.45, 7) is 5.54. The van der Waals surface area contributed by atoms with E-state index < -0.39 is 0 Å². The summed E-state index contributed by atoms with van der Waals surface area (Å²) in [7, 11) is 1.98. The largest absolute Gasteiger partial charge is 0.319 e. The normalized spacial score (nSPS) is 27.0. The van der Waals surface area contributed by atoms with E-state index in [1.54, 1.807) is 12.1 Å². The minimum Gasteiger partial charge on any atom is -0.319 e. The van der Waals surface area contributed by atoms with Crippen molar-refractivity contribution in [1.29, 1.82) is 0 Å². The first kappa shape index (κ1) is 15.8. The maximum Gasteiger partial charge on any atom is 0.123 e. The molecule has 0 aromatic heterocycles. The van der Waals surface area contributed by atoms with Crippen LogP contribution in [0.25, 0.3) is 0 Å². The van der Waals surface area contributed by atoms with Gasteiger partial charge < -0.3 is 5.32 Å². The summed E-state index contributed by atoms with van der Waals surface area (Å²) in [5.74, 6) is 2.13. The first-order valence-electron chi connectivity index (χ1n) is 7.62. The van der Waals surface area contributed by atoms with Crippen LogP contribution in [0.4, 0.5) is 4.39 Å². The van der Waals surface area contributed by atoms with Gasteiger partial charge in [0.2, 0.25) is 0 Å². The molecule has 0 heterocycles. The Kier molecular flexibility index (Phi) is 5.45. The van der Waals surface area contributed by atoms with Crippen LogP contribution in [0.15, 0.2) is 18.2 Å². The number of rotatable bonds is 4. The summed E-state index contributed by atoms with van der Waals surface area (Å²) in [6, 6.07) is 4.78. The standard InChI is InChI=1S/C17H25ClFN/c1-11(2)12-4-5-13(10-20-3)15(8-12)16-9-14(19)6-7-17(16)18/h6-7,9,11-13,15,20H,4-5,8,10H2,1-3H3. The second-order valence-electron chi connectivity index (χ2n) is 6.41. The molecule has 3 heteroatoms. The fourth-order valence-corrected chi connectivity index (χ4v) is 3.82. The van der Waals surface area contributed by atoms with E-state index in [1.807, 2.05) is 7.05 Å². The van der Waals surface area contributed by atoms with Crippen molar-refractivity contribution in [3.8, 4) is 0 Å². The average Bonchev–Trinajstić information content (AvgIpc) is 2.42. The van der Waals surface area contributed by atoms with E-state index in [0.29, 0.717) is 28.7 Å². The number of nitrogens with one attached hydrogen (secondary N) is 1. The summed E-state index contributed by atoms with van der Waals surface area (Å²) < 4.78 is 13.6. The Labute approximate surface area is 126 Å². The Morgan fingerprint density at radius 3 is 2.75 bits per heavy atom. The van der Waals surface area contributed by atoms with Crippen molar-refractivity contribution in [2.24, 2.45) is 17.8 Å². The molecule has 1 fully saturated rings. The van der Waals surface area contributed by atoms with E-state index in [2.05, 4.69) is 19.2 Å². The molecule has 20 heavy (non-hydrogen) atoms. The molecule has 0 amide bonds. The van der Waals surface area contributed by atoms with Crippen LogP contribution in [-0.4, -0.2) is 13.6 Å². The van der Waals surface area contributed by atoms with E-state index >= 15 is 0 Å². The van der Waals surface area contributed by atoms with E-state index in [9.17, 15) is 4.39 Å². The molecule has 2 rings (SSSR count). The molecule has 1 saturated carbocycles. The van der Waals surface area contributed by atoms with Crippen LogP contribution in [-0.2, 0) is 0 Å². The lowest BCUT2D eigenvalue weighted by molar-refractivity contribution is 0.192. The first-order chi connectivity index (χ1) is 9.52. The molecule has 1 nitrogen and oxygen atoms in total. The highest BCUT2D eigenvalue weighted by molar-refractivity contribution is 6.31. The van der Waals surface area contributed by atoms with Crippen LogP contribution in [0.2, 0.25) is 5.02 Å². The molecule has 0 aliphatic heterocycles. The van der Waals surface area contributed by atoms with Gasteiger partial charge in [0.25, 0.3) is 0 Å². The number of benzene rings is 1. The molecule has 0 saturated heterocycles. The zero-order valence-corrected chi connectivity index (χ0v) is 13.4. The average molecular weight is 298 g/mol. The summed E-state index contributed by atoms with van der Waals surface area (Å²) >= 11 is 6.34. The summed E-state index contributed by atoms with van der Waals surface area (Å²) in [5, 5.41) is 3.99. The highest BCUT2D eigenvalue weighted by Crippen LogP contribution is 2.44. The van der Waals surface area contributed by atoms with E-state index in [4.69, 9.17) is 11.6 Å². The van der Waals surface area contributed by atoms with Gasteiger partial charge in [0.1, 0.15) is 5.82 Å². The maximum absolute atomic E-state index is 13.6. The molecular weight excluding hydrogens is 273 g/mol. The van der Waals surface area contributed by atoms with Crippen LogP contribution in [0, 0.1) is 23.6 Å². The highest BCUT2D eigenvalue weighted by Gasteiger charge is 2.33. The van der Waals surface area contributed by atoms with Crippen molar-refractivity contribution in [2.75, 3.05) is 13.6 Å². The van der Waals surface area contributed by atoms with E-state index in [1.165, 1.54) is 18.9 Å². The molecule has 3 unspecified atom stereocenters. The van der Waals surface area contributed by atoms with Gasteiger partial charge in [-0.05, 0) is 80.3 Å². The summed E-state index contributed by atoms with van der Waals surface area (Å²) in [4.78, 5) is 0. The number of halogens is 2. The Hall–Kier alpha value is -0.600. The van der Waals surface area contributed by atoms with Crippen molar-refractivity contribution >= 4 is 11.6 Å². The van der Waals surface area contributed by atoms with Gasteiger partial charge in [-0.3, -0.25) is 0 Å². The Balaban J connectivity index is 2.28. The fourth-order valence-electron chi connectivity index (χ4n) is 3.56. The molecule has 0 bridgehead atoms. The molecule has 0 spiro atoms. The predicted octanol–water partition coefficient (Wildman–Crippen LogP) is 4.85. The monoisotopic (exact) mass is 297 g/mol. The van der Waals surface area contributed by atoms with Gasteiger partial charge in [0.15, 0.2) is 0 Å². The van der Waals surface area contributed by atoms with Crippen LogP contribution in [0.1, 0.15) is 44.6 Å². The lowest BCUT2D eigenvalue weighted by atomic mass is 9.68. The molecule has 0 radical (unpaired) electrons. The van der Waals surface area contributed by atoms with Crippen molar-refractivity contribution in [3.63, 3.8) is 0 Å².